The van der Waals surface area contributed by atoms with Crippen molar-refractivity contribution in [2.75, 3.05) is 23.8 Å². The van der Waals surface area contributed by atoms with Crippen LogP contribution in [0.2, 0.25) is 0 Å². The van der Waals surface area contributed by atoms with E-state index in [1.54, 1.807) is 18.2 Å². The molecule has 2 aromatic carbocycles. The van der Waals surface area contributed by atoms with E-state index in [1.807, 2.05) is 6.92 Å². The Morgan fingerprint density at radius 3 is 2.53 bits per heavy atom. The number of ether oxygens (including phenoxy) is 2. The van der Waals surface area contributed by atoms with Crippen molar-refractivity contribution in [1.29, 1.82) is 0 Å². The lowest BCUT2D eigenvalue weighted by Gasteiger charge is -2.13. The molecule has 34 heavy (non-hydrogen) atoms. The van der Waals surface area contributed by atoms with Crippen LogP contribution in [-0.4, -0.2) is 43.1 Å². The zero-order valence-corrected chi connectivity index (χ0v) is 21.3. The maximum Gasteiger partial charge on any atom is 0.263 e. The van der Waals surface area contributed by atoms with E-state index in [4.69, 9.17) is 21.7 Å². The number of thiocarbonyl (C=S) groups is 1. The van der Waals surface area contributed by atoms with Crippen LogP contribution in [0.5, 0.6) is 11.6 Å². The summed E-state index contributed by atoms with van der Waals surface area (Å²) in [5, 5.41) is 5.47. The van der Waals surface area contributed by atoms with Crippen molar-refractivity contribution in [2.24, 2.45) is 0 Å². The molecule has 10 nitrogen and oxygen atoms in total. The minimum atomic E-state index is -3.90. The molecule has 0 atom stereocenters. The predicted octanol–water partition coefficient (Wildman–Crippen LogP) is 3.57. The largest absolute Gasteiger partial charge is 0.493 e. The number of aromatic nitrogens is 2. The predicted molar refractivity (Wildman–Crippen MR) is 135 cm³/mol. The molecular weight excluding hydrogens is 546 g/mol. The van der Waals surface area contributed by atoms with Gasteiger partial charge in [-0.3, -0.25) is 14.8 Å². The normalized spacial score (nSPS) is 10.8. The molecule has 0 saturated carbocycles. The summed E-state index contributed by atoms with van der Waals surface area (Å²) in [6.45, 7) is 2.22. The molecule has 1 heterocycles. The minimum absolute atomic E-state index is 0.000995. The Morgan fingerprint density at radius 2 is 1.85 bits per heavy atom. The Bertz CT molecular complexity index is 1300. The second-order valence-electron chi connectivity index (χ2n) is 6.56. The lowest BCUT2D eigenvalue weighted by Crippen LogP contribution is -2.34. The van der Waals surface area contributed by atoms with Crippen LogP contribution >= 0.6 is 28.1 Å². The molecule has 3 N–H and O–H groups in total. The van der Waals surface area contributed by atoms with Crippen LogP contribution in [0, 0.1) is 0 Å². The fraction of sp³-hybridized carbons (Fsp3) is 0.143. The number of hydrogen-bond acceptors (Lipinski definition) is 8. The molecule has 0 bridgehead atoms. The highest BCUT2D eigenvalue weighted by atomic mass is 79.9. The van der Waals surface area contributed by atoms with Gasteiger partial charge in [0.1, 0.15) is 17.9 Å². The van der Waals surface area contributed by atoms with E-state index in [2.05, 4.69) is 41.3 Å². The second kappa shape index (κ2) is 11.2. The Balaban J connectivity index is 1.65. The number of amides is 1. The van der Waals surface area contributed by atoms with Gasteiger partial charge in [0.15, 0.2) is 5.11 Å². The molecule has 0 aliphatic rings. The summed E-state index contributed by atoms with van der Waals surface area (Å²) < 4.78 is 38.8. The number of rotatable bonds is 8. The summed E-state index contributed by atoms with van der Waals surface area (Å²) in [5.41, 5.74) is 0.793. The minimum Gasteiger partial charge on any atom is -0.493 e. The zero-order valence-electron chi connectivity index (χ0n) is 18.0. The lowest BCUT2D eigenvalue weighted by molar-refractivity contribution is 0.0974. The SMILES string of the molecule is CCOc1ccc(Br)cc1C(=O)NC(=S)Nc1ccc(S(=O)(=O)Nc2cc(OC)ncn2)cc1. The van der Waals surface area contributed by atoms with E-state index in [-0.39, 0.29) is 21.7 Å². The highest BCUT2D eigenvalue weighted by molar-refractivity contribution is 9.10. The number of halogens is 1. The first-order valence-electron chi connectivity index (χ1n) is 9.75. The van der Waals surface area contributed by atoms with Gasteiger partial charge in [-0.25, -0.2) is 18.4 Å². The first-order chi connectivity index (χ1) is 16.2. The van der Waals surface area contributed by atoms with Crippen molar-refractivity contribution in [3.05, 3.63) is 64.9 Å². The lowest BCUT2D eigenvalue weighted by atomic mass is 10.2. The number of methoxy groups -OCH3 is 1. The molecule has 3 aromatic rings. The number of sulfonamides is 1. The monoisotopic (exact) mass is 565 g/mol. The summed E-state index contributed by atoms with van der Waals surface area (Å²) in [7, 11) is -2.48. The Labute approximate surface area is 210 Å². The molecule has 0 saturated heterocycles. The van der Waals surface area contributed by atoms with E-state index in [1.165, 1.54) is 43.8 Å². The van der Waals surface area contributed by atoms with Crippen LogP contribution in [0.4, 0.5) is 11.5 Å². The first kappa shape index (κ1) is 25.3. The van der Waals surface area contributed by atoms with Crippen molar-refractivity contribution in [3.63, 3.8) is 0 Å². The molecule has 0 aliphatic carbocycles. The third kappa shape index (κ3) is 6.62. The number of nitrogens with zero attached hydrogens (tertiary/aromatic N) is 2. The molecule has 1 aromatic heterocycles. The number of nitrogens with one attached hydrogen (secondary N) is 3. The maximum absolute atomic E-state index is 12.7. The molecule has 178 valence electrons. The van der Waals surface area contributed by atoms with E-state index in [0.717, 1.165) is 0 Å². The number of benzene rings is 2. The Morgan fingerprint density at radius 1 is 1.12 bits per heavy atom. The summed E-state index contributed by atoms with van der Waals surface area (Å²) in [6.07, 6.45) is 1.18. The van der Waals surface area contributed by atoms with Gasteiger partial charge in [-0.15, -0.1) is 0 Å². The van der Waals surface area contributed by atoms with Crippen molar-refractivity contribution >= 4 is 60.7 Å². The van der Waals surface area contributed by atoms with Gasteiger partial charge in [-0.1, -0.05) is 15.9 Å². The molecule has 0 radical (unpaired) electrons. The van der Waals surface area contributed by atoms with Gasteiger partial charge < -0.3 is 14.8 Å². The standard InChI is InChI=1S/C21H20BrN5O5S2/c1-3-32-17-9-4-13(22)10-16(17)20(28)26-21(33)25-14-5-7-15(8-6-14)34(29,30)27-18-11-19(31-2)24-12-23-18/h4-12H,3H2,1-2H3,(H,23,24,27)(H2,25,26,28,33). The highest BCUT2D eigenvalue weighted by Crippen LogP contribution is 2.23. The van der Waals surface area contributed by atoms with Gasteiger partial charge in [0.25, 0.3) is 15.9 Å². The number of carbonyl (C=O) groups is 1. The maximum atomic E-state index is 12.7. The van der Waals surface area contributed by atoms with Gasteiger partial charge in [0.2, 0.25) is 5.88 Å². The molecule has 0 unspecified atom stereocenters. The first-order valence-corrected chi connectivity index (χ1v) is 12.4. The van der Waals surface area contributed by atoms with E-state index >= 15 is 0 Å². The van der Waals surface area contributed by atoms with E-state index in [0.29, 0.717) is 28.1 Å². The fourth-order valence-corrected chi connectivity index (χ4v) is 4.29. The molecule has 1 amide bonds. The summed E-state index contributed by atoms with van der Waals surface area (Å²) in [6, 6.07) is 12.2. The van der Waals surface area contributed by atoms with Crippen molar-refractivity contribution < 1.29 is 22.7 Å². The zero-order chi connectivity index (χ0) is 24.7. The molecule has 0 spiro atoms. The quantitative estimate of drug-likeness (QED) is 0.350. The third-order valence-electron chi connectivity index (χ3n) is 4.23. The fourth-order valence-electron chi connectivity index (χ4n) is 2.71. The van der Waals surface area contributed by atoms with Crippen LogP contribution in [0.3, 0.4) is 0 Å². The topological polar surface area (TPSA) is 132 Å². The van der Waals surface area contributed by atoms with Gasteiger partial charge in [0, 0.05) is 16.2 Å². The summed E-state index contributed by atoms with van der Waals surface area (Å²) in [4.78, 5) is 20.4. The molecule has 13 heteroatoms. The van der Waals surface area contributed by atoms with Gasteiger partial charge >= 0.3 is 0 Å². The number of carbonyl (C=O) groups excluding carboxylic acids is 1. The highest BCUT2D eigenvalue weighted by Gasteiger charge is 2.17. The Hall–Kier alpha value is -3.29. The van der Waals surface area contributed by atoms with Crippen molar-refractivity contribution in [1.82, 2.24) is 15.3 Å². The number of anilines is 2. The van der Waals surface area contributed by atoms with Crippen molar-refractivity contribution in [2.45, 2.75) is 11.8 Å². The van der Waals surface area contributed by atoms with Gasteiger partial charge in [-0.2, -0.15) is 0 Å². The molecule has 0 fully saturated rings. The molecule has 0 aliphatic heterocycles. The van der Waals surface area contributed by atoms with E-state index < -0.39 is 15.9 Å². The van der Waals surface area contributed by atoms with Crippen LogP contribution in [-0.2, 0) is 10.0 Å². The summed E-state index contributed by atoms with van der Waals surface area (Å²) >= 11 is 8.55. The van der Waals surface area contributed by atoms with Crippen LogP contribution in [0.1, 0.15) is 17.3 Å². The molecular formula is C21H20BrN5O5S2. The van der Waals surface area contributed by atoms with Crippen LogP contribution in [0.25, 0.3) is 0 Å². The number of hydrogen-bond donors (Lipinski definition) is 3. The van der Waals surface area contributed by atoms with Crippen molar-refractivity contribution in [3.8, 4) is 11.6 Å². The van der Waals surface area contributed by atoms with Gasteiger partial charge in [0.05, 0.1) is 24.2 Å². The average Bonchev–Trinajstić information content (AvgIpc) is 2.80. The smallest absolute Gasteiger partial charge is 0.263 e. The van der Waals surface area contributed by atoms with Crippen LogP contribution < -0.4 is 24.8 Å². The second-order valence-corrected chi connectivity index (χ2v) is 9.56. The summed E-state index contributed by atoms with van der Waals surface area (Å²) in [5.74, 6) is 0.260. The molecule has 3 rings (SSSR count). The van der Waals surface area contributed by atoms with E-state index in [9.17, 15) is 13.2 Å². The van der Waals surface area contributed by atoms with Crippen LogP contribution in [0.15, 0.2) is 64.2 Å². The third-order valence-corrected chi connectivity index (χ3v) is 6.29. The average molecular weight is 566 g/mol. The van der Waals surface area contributed by atoms with Gasteiger partial charge in [-0.05, 0) is 61.6 Å². The Kier molecular flexibility index (Phi) is 8.36.